The molecule has 0 aliphatic carbocycles. The fourth-order valence-electron chi connectivity index (χ4n) is 0.947. The van der Waals surface area contributed by atoms with Crippen molar-refractivity contribution in [1.82, 2.24) is 5.32 Å². The van der Waals surface area contributed by atoms with Gasteiger partial charge >= 0.3 is 0 Å². The molecule has 0 aromatic heterocycles. The molecule has 0 saturated heterocycles. The fourth-order valence-corrected chi connectivity index (χ4v) is 0.947. The molecule has 1 unspecified atom stereocenters. The standard InChI is InChI=1S/C10H19N/c1-5-7-10(6-2)8-9(3)11-4/h6,8-9,11H,2,5,7H2,1,3-4H3/b10-8+. The maximum Gasteiger partial charge on any atom is 0.0224 e. The quantitative estimate of drug-likeness (QED) is 0.598. The lowest BCUT2D eigenvalue weighted by atomic mass is 10.1. The first-order valence-electron chi connectivity index (χ1n) is 4.25. The van der Waals surface area contributed by atoms with Gasteiger partial charge in [0.15, 0.2) is 0 Å². The predicted molar refractivity (Wildman–Crippen MR) is 51.7 cm³/mol. The van der Waals surface area contributed by atoms with Crippen molar-refractivity contribution in [2.45, 2.75) is 32.7 Å². The Morgan fingerprint density at radius 3 is 2.64 bits per heavy atom. The van der Waals surface area contributed by atoms with Gasteiger partial charge < -0.3 is 5.32 Å². The van der Waals surface area contributed by atoms with Crippen LogP contribution >= 0.6 is 0 Å². The van der Waals surface area contributed by atoms with Crippen LogP contribution in [-0.2, 0) is 0 Å². The Labute approximate surface area is 70.2 Å². The second-order valence-electron chi connectivity index (χ2n) is 2.77. The average Bonchev–Trinajstić information content (AvgIpc) is 2.03. The van der Waals surface area contributed by atoms with E-state index >= 15 is 0 Å². The molecule has 1 N–H and O–H groups in total. The minimum absolute atomic E-state index is 0.453. The Hall–Kier alpha value is -0.560. The maximum atomic E-state index is 3.77. The van der Waals surface area contributed by atoms with Crippen LogP contribution in [0, 0.1) is 0 Å². The lowest BCUT2D eigenvalue weighted by molar-refractivity contribution is 0.720. The molecule has 64 valence electrons. The first kappa shape index (κ1) is 10.4. The van der Waals surface area contributed by atoms with E-state index in [1.807, 2.05) is 13.1 Å². The molecule has 0 amide bonds. The summed E-state index contributed by atoms with van der Waals surface area (Å²) >= 11 is 0. The number of allylic oxidation sites excluding steroid dienone is 2. The number of likely N-dealkylation sites (N-methyl/N-ethyl adjacent to an activating group) is 1. The molecule has 1 nitrogen and oxygen atoms in total. The van der Waals surface area contributed by atoms with Crippen LogP contribution in [-0.4, -0.2) is 13.1 Å². The molecule has 1 heteroatoms. The van der Waals surface area contributed by atoms with E-state index in [1.54, 1.807) is 0 Å². The van der Waals surface area contributed by atoms with Gasteiger partial charge in [-0.05, 0) is 20.4 Å². The predicted octanol–water partition coefficient (Wildman–Crippen LogP) is 2.51. The normalized spacial score (nSPS) is 14.6. The average molecular weight is 153 g/mol. The molecule has 0 aromatic carbocycles. The van der Waals surface area contributed by atoms with Crippen molar-refractivity contribution >= 4 is 0 Å². The van der Waals surface area contributed by atoms with Crippen LogP contribution in [0.3, 0.4) is 0 Å². The van der Waals surface area contributed by atoms with E-state index in [1.165, 1.54) is 12.0 Å². The van der Waals surface area contributed by atoms with Gasteiger partial charge in [0.05, 0.1) is 0 Å². The Balaban J connectivity index is 3.98. The van der Waals surface area contributed by atoms with Crippen molar-refractivity contribution in [2.75, 3.05) is 7.05 Å². The molecule has 0 spiro atoms. The van der Waals surface area contributed by atoms with E-state index in [4.69, 9.17) is 0 Å². The number of nitrogens with one attached hydrogen (secondary N) is 1. The van der Waals surface area contributed by atoms with Crippen LogP contribution in [0.25, 0.3) is 0 Å². The highest BCUT2D eigenvalue weighted by Crippen LogP contribution is 2.06. The molecule has 0 rings (SSSR count). The Kier molecular flexibility index (Phi) is 5.86. The largest absolute Gasteiger partial charge is 0.314 e. The number of rotatable bonds is 5. The Morgan fingerprint density at radius 1 is 1.64 bits per heavy atom. The Bertz CT molecular complexity index is 136. The third kappa shape index (κ3) is 4.79. The van der Waals surface area contributed by atoms with E-state index in [-0.39, 0.29) is 0 Å². The minimum Gasteiger partial charge on any atom is -0.314 e. The van der Waals surface area contributed by atoms with Crippen LogP contribution < -0.4 is 5.32 Å². The van der Waals surface area contributed by atoms with Gasteiger partial charge in [0.2, 0.25) is 0 Å². The van der Waals surface area contributed by atoms with Crippen LogP contribution in [0.4, 0.5) is 0 Å². The molecule has 0 aliphatic heterocycles. The SMILES string of the molecule is C=C/C(=C\C(C)NC)CCC. The maximum absolute atomic E-state index is 3.77. The third-order valence-corrected chi connectivity index (χ3v) is 1.72. The van der Waals surface area contributed by atoms with Crippen molar-refractivity contribution < 1.29 is 0 Å². The summed E-state index contributed by atoms with van der Waals surface area (Å²) in [7, 11) is 1.97. The summed E-state index contributed by atoms with van der Waals surface area (Å²) in [4.78, 5) is 0. The van der Waals surface area contributed by atoms with Crippen molar-refractivity contribution in [3.8, 4) is 0 Å². The van der Waals surface area contributed by atoms with Gasteiger partial charge in [-0.3, -0.25) is 0 Å². The van der Waals surface area contributed by atoms with Crippen molar-refractivity contribution in [1.29, 1.82) is 0 Å². The lowest BCUT2D eigenvalue weighted by Gasteiger charge is -2.06. The molecule has 0 aromatic rings. The third-order valence-electron chi connectivity index (χ3n) is 1.72. The van der Waals surface area contributed by atoms with E-state index in [0.29, 0.717) is 6.04 Å². The summed E-state index contributed by atoms with van der Waals surface area (Å²) in [5, 5.41) is 3.16. The fraction of sp³-hybridized carbons (Fsp3) is 0.600. The second-order valence-corrected chi connectivity index (χ2v) is 2.77. The Morgan fingerprint density at radius 2 is 2.27 bits per heavy atom. The van der Waals surface area contributed by atoms with Crippen LogP contribution in [0.1, 0.15) is 26.7 Å². The summed E-state index contributed by atoms with van der Waals surface area (Å²) in [6, 6.07) is 0.453. The zero-order chi connectivity index (χ0) is 8.69. The smallest absolute Gasteiger partial charge is 0.0224 e. The van der Waals surface area contributed by atoms with Gasteiger partial charge in [0.1, 0.15) is 0 Å². The van der Waals surface area contributed by atoms with Crippen molar-refractivity contribution in [3.63, 3.8) is 0 Å². The van der Waals surface area contributed by atoms with Crippen LogP contribution in [0.15, 0.2) is 24.3 Å². The molecule has 0 saturated carbocycles. The van der Waals surface area contributed by atoms with Gasteiger partial charge in [-0.1, -0.05) is 37.6 Å². The molecule has 11 heavy (non-hydrogen) atoms. The lowest BCUT2D eigenvalue weighted by Crippen LogP contribution is -2.18. The van der Waals surface area contributed by atoms with Gasteiger partial charge in [0.25, 0.3) is 0 Å². The molecule has 0 aliphatic rings. The summed E-state index contributed by atoms with van der Waals surface area (Å²) < 4.78 is 0. The molecule has 0 heterocycles. The molecule has 1 atom stereocenters. The highest BCUT2D eigenvalue weighted by Gasteiger charge is 1.94. The first-order chi connectivity index (χ1) is 5.24. The summed E-state index contributed by atoms with van der Waals surface area (Å²) in [5.41, 5.74) is 1.34. The highest BCUT2D eigenvalue weighted by molar-refractivity contribution is 5.17. The van der Waals surface area contributed by atoms with Gasteiger partial charge in [-0.15, -0.1) is 0 Å². The van der Waals surface area contributed by atoms with E-state index in [0.717, 1.165) is 6.42 Å². The van der Waals surface area contributed by atoms with Gasteiger partial charge in [0, 0.05) is 6.04 Å². The number of hydrogen-bond acceptors (Lipinski definition) is 1. The molecule has 0 bridgehead atoms. The summed E-state index contributed by atoms with van der Waals surface area (Å²) in [6.07, 6.45) is 6.48. The second kappa shape index (κ2) is 6.17. The topological polar surface area (TPSA) is 12.0 Å². The summed E-state index contributed by atoms with van der Waals surface area (Å²) in [6.45, 7) is 8.09. The molecular weight excluding hydrogens is 134 g/mol. The minimum atomic E-state index is 0.453. The van der Waals surface area contributed by atoms with Gasteiger partial charge in [-0.25, -0.2) is 0 Å². The van der Waals surface area contributed by atoms with Crippen LogP contribution in [0.5, 0.6) is 0 Å². The van der Waals surface area contributed by atoms with E-state index in [2.05, 4.69) is 31.8 Å². The van der Waals surface area contributed by atoms with E-state index < -0.39 is 0 Å². The first-order valence-corrected chi connectivity index (χ1v) is 4.25. The zero-order valence-electron chi connectivity index (χ0n) is 7.85. The van der Waals surface area contributed by atoms with Crippen LogP contribution in [0.2, 0.25) is 0 Å². The highest BCUT2D eigenvalue weighted by atomic mass is 14.8. The zero-order valence-corrected chi connectivity index (χ0v) is 7.85. The van der Waals surface area contributed by atoms with E-state index in [9.17, 15) is 0 Å². The molecule has 0 radical (unpaired) electrons. The summed E-state index contributed by atoms with van der Waals surface area (Å²) in [5.74, 6) is 0. The van der Waals surface area contributed by atoms with Crippen molar-refractivity contribution in [2.24, 2.45) is 0 Å². The van der Waals surface area contributed by atoms with Gasteiger partial charge in [-0.2, -0.15) is 0 Å². The molecule has 0 fully saturated rings. The number of hydrogen-bond donors (Lipinski definition) is 1. The monoisotopic (exact) mass is 153 g/mol. The van der Waals surface area contributed by atoms with Crippen molar-refractivity contribution in [3.05, 3.63) is 24.3 Å². The molecular formula is C10H19N.